The van der Waals surface area contributed by atoms with Gasteiger partial charge in [-0.1, -0.05) is 18.2 Å². The Morgan fingerprint density at radius 3 is 2.63 bits per heavy atom. The van der Waals surface area contributed by atoms with Gasteiger partial charge in [0.2, 0.25) is 5.91 Å². The van der Waals surface area contributed by atoms with Crippen molar-refractivity contribution < 1.29 is 19.5 Å². The predicted octanol–water partition coefficient (Wildman–Crippen LogP) is 2.01. The number of para-hydroxylation sites is 1. The Labute approximate surface area is 160 Å². The maximum Gasteiger partial charge on any atom is 0.306 e. The number of amides is 2. The molecule has 4 rings (SSSR count). The smallest absolute Gasteiger partial charge is 0.306 e. The molecule has 2 aliphatic rings. The van der Waals surface area contributed by atoms with Crippen molar-refractivity contribution in [3.05, 3.63) is 36.0 Å². The Kier molecular flexibility index (Phi) is 4.82. The van der Waals surface area contributed by atoms with Crippen molar-refractivity contribution in [3.8, 4) is 0 Å². The molecule has 7 nitrogen and oxygen atoms in total. The highest BCUT2D eigenvalue weighted by Gasteiger charge is 2.39. The number of thioether (sulfide) groups is 1. The fourth-order valence-electron chi connectivity index (χ4n) is 3.81. The molecule has 1 atom stereocenters. The third-order valence-electron chi connectivity index (χ3n) is 5.40. The Balaban J connectivity index is 1.50. The number of piperidine rings is 1. The molecule has 1 aromatic carbocycles. The van der Waals surface area contributed by atoms with Crippen molar-refractivity contribution in [2.24, 2.45) is 5.92 Å². The van der Waals surface area contributed by atoms with Crippen LogP contribution in [0.25, 0.3) is 10.9 Å². The predicted molar refractivity (Wildman–Crippen MR) is 103 cm³/mol. The number of nitrogens with one attached hydrogen (secondary N) is 1. The summed E-state index contributed by atoms with van der Waals surface area (Å²) in [5.74, 6) is -0.328. The molecule has 2 saturated heterocycles. The number of carbonyl (C=O) groups excluding carboxylic acids is 2. The number of benzene rings is 1. The minimum absolute atomic E-state index is 0.0722. The number of aliphatic carboxylic acids is 1. The Morgan fingerprint density at radius 2 is 1.89 bits per heavy atom. The van der Waals surface area contributed by atoms with E-state index in [-0.39, 0.29) is 17.7 Å². The molecule has 0 bridgehead atoms. The highest BCUT2D eigenvalue weighted by molar-refractivity contribution is 7.99. The molecule has 0 aliphatic carbocycles. The maximum atomic E-state index is 13.1. The number of aromatic nitrogens is 1. The van der Waals surface area contributed by atoms with E-state index in [0.717, 1.165) is 10.9 Å². The van der Waals surface area contributed by atoms with Gasteiger partial charge in [0.1, 0.15) is 6.04 Å². The number of likely N-dealkylation sites (tertiary alicyclic amines) is 1. The number of hydrogen-bond donors (Lipinski definition) is 2. The lowest BCUT2D eigenvalue weighted by molar-refractivity contribution is -0.146. The summed E-state index contributed by atoms with van der Waals surface area (Å²) in [6, 6.07) is 7.13. The van der Waals surface area contributed by atoms with Crippen LogP contribution in [0.4, 0.5) is 0 Å². The van der Waals surface area contributed by atoms with E-state index in [1.807, 2.05) is 24.3 Å². The third-order valence-corrected chi connectivity index (χ3v) is 6.42. The largest absolute Gasteiger partial charge is 0.481 e. The number of hydrogen-bond acceptors (Lipinski definition) is 4. The van der Waals surface area contributed by atoms with Crippen LogP contribution >= 0.6 is 11.8 Å². The molecule has 0 saturated carbocycles. The second-order valence-electron chi connectivity index (χ2n) is 6.98. The van der Waals surface area contributed by atoms with Crippen LogP contribution in [0, 0.1) is 5.92 Å². The third kappa shape index (κ3) is 3.29. The topological polar surface area (TPSA) is 93.7 Å². The van der Waals surface area contributed by atoms with E-state index in [0.29, 0.717) is 43.1 Å². The number of H-pyrrole nitrogens is 1. The summed E-state index contributed by atoms with van der Waals surface area (Å²) < 4.78 is 0. The van der Waals surface area contributed by atoms with E-state index < -0.39 is 12.0 Å². The van der Waals surface area contributed by atoms with E-state index in [1.54, 1.807) is 27.8 Å². The van der Waals surface area contributed by atoms with Crippen LogP contribution in [0.3, 0.4) is 0 Å². The molecule has 142 valence electrons. The highest BCUT2D eigenvalue weighted by Crippen LogP contribution is 2.28. The molecule has 0 spiro atoms. The fraction of sp³-hybridized carbons (Fsp3) is 0.421. The van der Waals surface area contributed by atoms with Crippen LogP contribution in [0.15, 0.2) is 30.5 Å². The zero-order chi connectivity index (χ0) is 19.0. The van der Waals surface area contributed by atoms with Gasteiger partial charge in [0.25, 0.3) is 5.91 Å². The normalized spacial score (nSPS) is 21.0. The Bertz CT molecular complexity index is 888. The van der Waals surface area contributed by atoms with Crippen molar-refractivity contribution >= 4 is 40.4 Å². The minimum Gasteiger partial charge on any atom is -0.481 e. The highest BCUT2D eigenvalue weighted by atomic mass is 32.2. The minimum atomic E-state index is -0.797. The lowest BCUT2D eigenvalue weighted by Crippen LogP contribution is -2.51. The van der Waals surface area contributed by atoms with Gasteiger partial charge in [-0.15, -0.1) is 11.8 Å². The van der Waals surface area contributed by atoms with E-state index in [4.69, 9.17) is 5.11 Å². The summed E-state index contributed by atoms with van der Waals surface area (Å²) in [5, 5.41) is 9.97. The van der Waals surface area contributed by atoms with Crippen molar-refractivity contribution in [1.82, 2.24) is 14.8 Å². The molecular weight excluding hydrogens is 366 g/mol. The van der Waals surface area contributed by atoms with Crippen LogP contribution in [0.5, 0.6) is 0 Å². The summed E-state index contributed by atoms with van der Waals surface area (Å²) in [4.78, 5) is 43.7. The molecule has 8 heteroatoms. The average molecular weight is 387 g/mol. The van der Waals surface area contributed by atoms with Crippen molar-refractivity contribution in [2.75, 3.05) is 24.7 Å². The number of aromatic amines is 1. The van der Waals surface area contributed by atoms with Crippen LogP contribution in [-0.2, 0) is 9.59 Å². The number of nitrogens with zero attached hydrogens (tertiary/aromatic N) is 2. The zero-order valence-electron chi connectivity index (χ0n) is 14.8. The maximum absolute atomic E-state index is 13.1. The molecule has 2 amide bonds. The Hall–Kier alpha value is -2.48. The monoisotopic (exact) mass is 387 g/mol. The van der Waals surface area contributed by atoms with Crippen molar-refractivity contribution in [2.45, 2.75) is 18.9 Å². The first-order valence-corrected chi connectivity index (χ1v) is 10.2. The van der Waals surface area contributed by atoms with E-state index >= 15 is 0 Å². The second kappa shape index (κ2) is 7.26. The van der Waals surface area contributed by atoms with Gasteiger partial charge in [0.05, 0.1) is 17.4 Å². The first kappa shape index (κ1) is 17.9. The van der Waals surface area contributed by atoms with Gasteiger partial charge >= 0.3 is 5.97 Å². The first-order valence-electron chi connectivity index (χ1n) is 9.02. The molecule has 0 radical (unpaired) electrons. The van der Waals surface area contributed by atoms with Crippen molar-refractivity contribution in [1.29, 1.82) is 0 Å². The van der Waals surface area contributed by atoms with Gasteiger partial charge in [0, 0.05) is 35.9 Å². The quantitative estimate of drug-likeness (QED) is 0.840. The van der Waals surface area contributed by atoms with Crippen LogP contribution in [0.2, 0.25) is 0 Å². The van der Waals surface area contributed by atoms with E-state index in [9.17, 15) is 14.4 Å². The van der Waals surface area contributed by atoms with Gasteiger partial charge in [-0.2, -0.15) is 0 Å². The summed E-state index contributed by atoms with van der Waals surface area (Å²) in [5.41, 5.74) is 1.47. The van der Waals surface area contributed by atoms with Gasteiger partial charge < -0.3 is 19.9 Å². The summed E-state index contributed by atoms with van der Waals surface area (Å²) in [7, 11) is 0. The fourth-order valence-corrected chi connectivity index (χ4v) is 4.95. The number of carboxylic acid groups (broad SMARTS) is 1. The van der Waals surface area contributed by atoms with Gasteiger partial charge in [0.15, 0.2) is 0 Å². The number of carbonyl (C=O) groups is 3. The number of carboxylic acids is 1. The first-order chi connectivity index (χ1) is 13.1. The van der Waals surface area contributed by atoms with Crippen LogP contribution in [-0.4, -0.2) is 68.4 Å². The molecular formula is C19H21N3O4S. The number of fused-ring (bicyclic) bond motifs is 1. The van der Waals surface area contributed by atoms with Crippen LogP contribution < -0.4 is 0 Å². The van der Waals surface area contributed by atoms with Gasteiger partial charge in [-0.05, 0) is 18.9 Å². The van der Waals surface area contributed by atoms with Crippen molar-refractivity contribution in [3.63, 3.8) is 0 Å². The SMILES string of the molecule is O=C(O)C1CCN(C(=O)C2CSCN2C(=O)c2c[nH]c3ccccc23)CC1. The summed E-state index contributed by atoms with van der Waals surface area (Å²) in [6.45, 7) is 0.873. The van der Waals surface area contributed by atoms with Crippen LogP contribution in [0.1, 0.15) is 23.2 Å². The number of rotatable bonds is 3. The molecule has 3 heterocycles. The lowest BCUT2D eigenvalue weighted by atomic mass is 9.96. The average Bonchev–Trinajstić information content (AvgIpc) is 3.34. The summed E-state index contributed by atoms with van der Waals surface area (Å²) >= 11 is 1.57. The second-order valence-corrected chi connectivity index (χ2v) is 7.98. The lowest BCUT2D eigenvalue weighted by Gasteiger charge is -2.34. The zero-order valence-corrected chi connectivity index (χ0v) is 15.6. The Morgan fingerprint density at radius 1 is 1.15 bits per heavy atom. The molecule has 27 heavy (non-hydrogen) atoms. The molecule has 2 aromatic rings. The standard InChI is InChI=1S/C19H21N3O4S/c23-17(14-9-20-15-4-2-1-3-13(14)15)22-11-27-10-16(22)18(24)21-7-5-12(6-8-21)19(25)26/h1-4,9,12,16,20H,5-8,10-11H2,(H,25,26). The molecule has 2 aliphatic heterocycles. The molecule has 2 N–H and O–H groups in total. The van der Waals surface area contributed by atoms with E-state index in [1.165, 1.54) is 0 Å². The van der Waals surface area contributed by atoms with Gasteiger partial charge in [-0.3, -0.25) is 14.4 Å². The molecule has 1 aromatic heterocycles. The summed E-state index contributed by atoms with van der Waals surface area (Å²) in [6.07, 6.45) is 2.64. The van der Waals surface area contributed by atoms with Gasteiger partial charge in [-0.25, -0.2) is 0 Å². The molecule has 1 unspecified atom stereocenters. The van der Waals surface area contributed by atoms with E-state index in [2.05, 4.69) is 4.98 Å². The molecule has 2 fully saturated rings.